The normalized spacial score (nSPS) is 14.4. The van der Waals surface area contributed by atoms with E-state index >= 15 is 0 Å². The van der Waals surface area contributed by atoms with Crippen molar-refractivity contribution < 1.29 is 14.3 Å². The number of carbonyl (C=O) groups is 1. The zero-order chi connectivity index (χ0) is 15.5. The minimum absolute atomic E-state index is 0.0429. The summed E-state index contributed by atoms with van der Waals surface area (Å²) < 4.78 is 10.8. The Balaban J connectivity index is 1.89. The number of hydrogen-bond acceptors (Lipinski definition) is 4. The number of Topliss-reactive ketones (excluding diaryl/α,β-unsaturated/α-hetero) is 1. The Morgan fingerprint density at radius 2 is 2.14 bits per heavy atom. The predicted octanol–water partition coefficient (Wildman–Crippen LogP) is 3.51. The van der Waals surface area contributed by atoms with E-state index in [9.17, 15) is 4.79 Å². The number of benzene rings is 2. The summed E-state index contributed by atoms with van der Waals surface area (Å²) in [6.45, 7) is 1.95. The molecular formula is C18H13NO3. The van der Waals surface area contributed by atoms with Crippen molar-refractivity contribution in [3.8, 4) is 17.6 Å². The molecule has 0 saturated heterocycles. The van der Waals surface area contributed by atoms with Crippen molar-refractivity contribution >= 4 is 11.9 Å². The monoisotopic (exact) mass is 291 g/mol. The van der Waals surface area contributed by atoms with Crippen LogP contribution >= 0.6 is 0 Å². The quantitative estimate of drug-likeness (QED) is 0.812. The SMILES string of the molecule is Cc1cccc(/C=C2\Oc3cc(OCC#N)ccc3C2=O)c1. The number of aryl methyl sites for hydroxylation is 1. The molecule has 0 fully saturated rings. The lowest BCUT2D eigenvalue weighted by Gasteiger charge is -2.03. The smallest absolute Gasteiger partial charge is 0.231 e. The Bertz CT molecular complexity index is 815. The molecule has 0 bridgehead atoms. The van der Waals surface area contributed by atoms with Gasteiger partial charge < -0.3 is 9.47 Å². The van der Waals surface area contributed by atoms with E-state index in [-0.39, 0.29) is 18.1 Å². The maximum atomic E-state index is 12.3. The molecule has 0 aliphatic carbocycles. The molecule has 22 heavy (non-hydrogen) atoms. The highest BCUT2D eigenvalue weighted by Crippen LogP contribution is 2.34. The van der Waals surface area contributed by atoms with E-state index in [1.807, 2.05) is 37.3 Å². The van der Waals surface area contributed by atoms with Crippen LogP contribution in [0, 0.1) is 18.3 Å². The Morgan fingerprint density at radius 1 is 1.27 bits per heavy atom. The highest BCUT2D eigenvalue weighted by Gasteiger charge is 2.27. The Morgan fingerprint density at radius 3 is 2.91 bits per heavy atom. The highest BCUT2D eigenvalue weighted by molar-refractivity contribution is 6.14. The van der Waals surface area contributed by atoms with Crippen molar-refractivity contribution in [2.24, 2.45) is 0 Å². The van der Waals surface area contributed by atoms with Crippen molar-refractivity contribution in [2.45, 2.75) is 6.92 Å². The van der Waals surface area contributed by atoms with Gasteiger partial charge in [0.1, 0.15) is 17.6 Å². The topological polar surface area (TPSA) is 59.3 Å². The fourth-order valence-corrected chi connectivity index (χ4v) is 2.28. The van der Waals surface area contributed by atoms with Crippen molar-refractivity contribution in [3.63, 3.8) is 0 Å². The van der Waals surface area contributed by atoms with E-state index in [0.29, 0.717) is 17.1 Å². The number of fused-ring (bicyclic) bond motifs is 1. The van der Waals surface area contributed by atoms with Crippen LogP contribution in [0.3, 0.4) is 0 Å². The van der Waals surface area contributed by atoms with Gasteiger partial charge in [-0.2, -0.15) is 5.26 Å². The first kappa shape index (κ1) is 13.9. The summed E-state index contributed by atoms with van der Waals surface area (Å²) in [6, 6.07) is 14.7. The van der Waals surface area contributed by atoms with Crippen LogP contribution in [0.15, 0.2) is 48.2 Å². The van der Waals surface area contributed by atoms with Crippen molar-refractivity contribution in [2.75, 3.05) is 6.61 Å². The van der Waals surface area contributed by atoms with Crippen LogP contribution in [-0.2, 0) is 0 Å². The molecule has 2 aromatic carbocycles. The second-order valence-electron chi connectivity index (χ2n) is 4.96. The van der Waals surface area contributed by atoms with Gasteiger partial charge >= 0.3 is 0 Å². The Labute approximate surface area is 128 Å². The van der Waals surface area contributed by atoms with Crippen LogP contribution in [0.4, 0.5) is 0 Å². The van der Waals surface area contributed by atoms with E-state index in [2.05, 4.69) is 0 Å². The number of allylic oxidation sites excluding steroid dienone is 1. The summed E-state index contributed by atoms with van der Waals surface area (Å²) in [5, 5.41) is 8.52. The van der Waals surface area contributed by atoms with Gasteiger partial charge in [-0.05, 0) is 30.7 Å². The molecule has 4 nitrogen and oxygen atoms in total. The molecule has 4 heteroatoms. The summed E-state index contributed by atoms with van der Waals surface area (Å²) in [7, 11) is 0. The molecule has 1 aliphatic heterocycles. The lowest BCUT2D eigenvalue weighted by atomic mass is 10.1. The standard InChI is InChI=1S/C18H13NO3/c1-12-3-2-4-13(9-12)10-17-18(20)15-6-5-14(21-8-7-19)11-16(15)22-17/h2-6,9-11H,8H2,1H3/b17-10-. The molecule has 1 aliphatic rings. The summed E-state index contributed by atoms with van der Waals surface area (Å²) >= 11 is 0. The van der Waals surface area contributed by atoms with Gasteiger partial charge in [0.25, 0.3) is 0 Å². The summed E-state index contributed by atoms with van der Waals surface area (Å²) in [6.07, 6.45) is 1.73. The number of rotatable bonds is 3. The zero-order valence-corrected chi connectivity index (χ0v) is 12.0. The van der Waals surface area contributed by atoms with Crippen molar-refractivity contribution in [1.82, 2.24) is 0 Å². The summed E-state index contributed by atoms with van der Waals surface area (Å²) in [5.41, 5.74) is 2.53. The molecule has 0 amide bonds. The first-order chi connectivity index (χ1) is 10.7. The van der Waals surface area contributed by atoms with E-state index in [4.69, 9.17) is 14.7 Å². The maximum Gasteiger partial charge on any atom is 0.231 e. The molecule has 0 spiro atoms. The third kappa shape index (κ3) is 2.70. The van der Waals surface area contributed by atoms with Gasteiger partial charge in [0.15, 0.2) is 12.4 Å². The lowest BCUT2D eigenvalue weighted by molar-refractivity contribution is 0.101. The number of ketones is 1. The van der Waals surface area contributed by atoms with E-state index < -0.39 is 0 Å². The number of nitriles is 1. The highest BCUT2D eigenvalue weighted by atomic mass is 16.5. The van der Waals surface area contributed by atoms with Gasteiger partial charge in [-0.1, -0.05) is 29.8 Å². The first-order valence-electron chi connectivity index (χ1n) is 6.82. The third-order valence-electron chi connectivity index (χ3n) is 3.28. The summed E-state index contributed by atoms with van der Waals surface area (Å²) in [5.74, 6) is 1.10. The molecule has 0 unspecified atom stereocenters. The minimum Gasteiger partial charge on any atom is -0.479 e. The van der Waals surface area contributed by atoms with Crippen LogP contribution in [-0.4, -0.2) is 12.4 Å². The second-order valence-corrected chi connectivity index (χ2v) is 4.96. The molecule has 1 heterocycles. The lowest BCUT2D eigenvalue weighted by Crippen LogP contribution is -1.98. The van der Waals surface area contributed by atoms with Crippen LogP contribution in [0.5, 0.6) is 11.5 Å². The Kier molecular flexibility index (Phi) is 3.63. The van der Waals surface area contributed by atoms with Gasteiger partial charge in [-0.25, -0.2) is 0 Å². The molecule has 108 valence electrons. The molecular weight excluding hydrogens is 278 g/mol. The van der Waals surface area contributed by atoms with Gasteiger partial charge in [-0.15, -0.1) is 0 Å². The summed E-state index contributed by atoms with van der Waals surface area (Å²) in [4.78, 5) is 12.3. The number of nitrogens with zero attached hydrogens (tertiary/aromatic N) is 1. The molecule has 0 N–H and O–H groups in total. The van der Waals surface area contributed by atoms with Crippen LogP contribution < -0.4 is 9.47 Å². The average Bonchev–Trinajstić information content (AvgIpc) is 2.81. The molecule has 0 aromatic heterocycles. The maximum absolute atomic E-state index is 12.3. The van der Waals surface area contributed by atoms with Crippen molar-refractivity contribution in [1.29, 1.82) is 5.26 Å². The molecule has 0 radical (unpaired) electrons. The number of ether oxygens (including phenoxy) is 2. The molecule has 2 aromatic rings. The average molecular weight is 291 g/mol. The van der Waals surface area contributed by atoms with Gasteiger partial charge in [0, 0.05) is 6.07 Å². The first-order valence-corrected chi connectivity index (χ1v) is 6.82. The number of hydrogen-bond donors (Lipinski definition) is 0. The molecule has 0 atom stereocenters. The van der Waals surface area contributed by atoms with E-state index in [0.717, 1.165) is 11.1 Å². The van der Waals surface area contributed by atoms with Crippen LogP contribution in [0.2, 0.25) is 0 Å². The van der Waals surface area contributed by atoms with Gasteiger partial charge in [0.2, 0.25) is 5.78 Å². The van der Waals surface area contributed by atoms with Crippen molar-refractivity contribution in [3.05, 3.63) is 64.9 Å². The number of carbonyl (C=O) groups excluding carboxylic acids is 1. The largest absolute Gasteiger partial charge is 0.479 e. The third-order valence-corrected chi connectivity index (χ3v) is 3.28. The van der Waals surface area contributed by atoms with Gasteiger partial charge in [-0.3, -0.25) is 4.79 Å². The van der Waals surface area contributed by atoms with E-state index in [1.54, 1.807) is 24.3 Å². The predicted molar refractivity (Wildman–Crippen MR) is 81.7 cm³/mol. The van der Waals surface area contributed by atoms with Crippen LogP contribution in [0.25, 0.3) is 6.08 Å². The second kappa shape index (κ2) is 5.74. The zero-order valence-electron chi connectivity index (χ0n) is 12.0. The molecule has 0 saturated carbocycles. The van der Waals surface area contributed by atoms with E-state index in [1.165, 1.54) is 0 Å². The molecule has 3 rings (SSSR count). The minimum atomic E-state index is -0.150. The van der Waals surface area contributed by atoms with Gasteiger partial charge in [0.05, 0.1) is 5.56 Å². The Hall–Kier alpha value is -3.06. The fraction of sp³-hybridized carbons (Fsp3) is 0.111. The van der Waals surface area contributed by atoms with Crippen LogP contribution in [0.1, 0.15) is 21.5 Å². The fourth-order valence-electron chi connectivity index (χ4n) is 2.28.